The first-order valence-corrected chi connectivity index (χ1v) is 8.26. The molecule has 1 rings (SSSR count). The van der Waals surface area contributed by atoms with Crippen molar-refractivity contribution in [2.75, 3.05) is 7.05 Å². The van der Waals surface area contributed by atoms with Crippen molar-refractivity contribution in [2.45, 2.75) is 13.5 Å². The SMILES string of the molecule is C=C/C(N=C)=C(/N=C(C)C#N)c1nc(C#N)c(C#N)nc1CN=C(C#N)C(C#N)=NC. The van der Waals surface area contributed by atoms with Gasteiger partial charge < -0.3 is 0 Å². The fourth-order valence-corrected chi connectivity index (χ4v) is 2.11. The topological polar surface area (TPSA) is 194 Å². The molecule has 0 aliphatic carbocycles. The van der Waals surface area contributed by atoms with Gasteiger partial charge in [0, 0.05) is 7.05 Å². The van der Waals surface area contributed by atoms with Crippen LogP contribution in [0.2, 0.25) is 0 Å². The minimum Gasteiger partial charge on any atom is -0.275 e. The Hall–Kier alpha value is -5.31. The maximum atomic E-state index is 9.33. The molecule has 0 bridgehead atoms. The van der Waals surface area contributed by atoms with E-state index >= 15 is 0 Å². The number of hydrogen-bond donors (Lipinski definition) is 0. The maximum Gasteiger partial charge on any atom is 0.177 e. The first-order valence-electron chi connectivity index (χ1n) is 8.26. The summed E-state index contributed by atoms with van der Waals surface area (Å²) in [6.07, 6.45) is 1.31. The van der Waals surface area contributed by atoms with E-state index in [9.17, 15) is 15.8 Å². The maximum absolute atomic E-state index is 9.33. The molecule has 1 aromatic rings. The zero-order chi connectivity index (χ0) is 23.4. The number of nitrogens with zero attached hydrogens (tertiary/aromatic N) is 11. The van der Waals surface area contributed by atoms with Gasteiger partial charge in [0.15, 0.2) is 22.8 Å². The summed E-state index contributed by atoms with van der Waals surface area (Å²) in [6, 6.07) is 8.91. The number of nitriles is 5. The summed E-state index contributed by atoms with van der Waals surface area (Å²) >= 11 is 0. The summed E-state index contributed by atoms with van der Waals surface area (Å²) in [6.45, 7) is 8.18. The normalized spacial score (nSPS) is 12.2. The van der Waals surface area contributed by atoms with Gasteiger partial charge in [-0.1, -0.05) is 6.58 Å². The minimum atomic E-state index is -0.307. The van der Waals surface area contributed by atoms with Gasteiger partial charge in [-0.2, -0.15) is 26.3 Å². The molecule has 0 spiro atoms. The Morgan fingerprint density at radius 2 is 1.61 bits per heavy atom. The predicted octanol–water partition coefficient (Wildman–Crippen LogP) is 1.82. The van der Waals surface area contributed by atoms with Crippen LogP contribution in [-0.4, -0.2) is 40.9 Å². The van der Waals surface area contributed by atoms with Crippen molar-refractivity contribution < 1.29 is 0 Å². The molecule has 0 saturated carbocycles. The third kappa shape index (κ3) is 5.59. The lowest BCUT2D eigenvalue weighted by atomic mass is 10.1. The van der Waals surface area contributed by atoms with Crippen molar-refractivity contribution in [3.63, 3.8) is 0 Å². The summed E-state index contributed by atoms with van der Waals surface area (Å²) in [5, 5.41) is 46.1. The molecule has 0 fully saturated rings. The fraction of sp³-hybridized carbons (Fsp3) is 0.150. The highest BCUT2D eigenvalue weighted by molar-refractivity contribution is 6.53. The molecule has 0 aliphatic heterocycles. The van der Waals surface area contributed by atoms with Gasteiger partial charge in [-0.15, -0.1) is 0 Å². The van der Waals surface area contributed by atoms with Gasteiger partial charge in [-0.3, -0.25) is 15.0 Å². The van der Waals surface area contributed by atoms with Crippen molar-refractivity contribution in [3.8, 4) is 30.3 Å². The van der Waals surface area contributed by atoms with E-state index in [-0.39, 0.29) is 57.8 Å². The number of allylic oxidation sites excluding steroid dienone is 1. The fourth-order valence-electron chi connectivity index (χ4n) is 2.11. The Morgan fingerprint density at radius 1 is 1.00 bits per heavy atom. The average molecular weight is 407 g/mol. The van der Waals surface area contributed by atoms with Gasteiger partial charge >= 0.3 is 0 Å². The van der Waals surface area contributed by atoms with Crippen LogP contribution in [0.4, 0.5) is 0 Å². The number of rotatable bonds is 7. The van der Waals surface area contributed by atoms with Crippen LogP contribution < -0.4 is 0 Å². The first kappa shape index (κ1) is 23.7. The van der Waals surface area contributed by atoms with Crippen LogP contribution in [0.3, 0.4) is 0 Å². The zero-order valence-electron chi connectivity index (χ0n) is 16.6. The van der Waals surface area contributed by atoms with Crippen molar-refractivity contribution in [2.24, 2.45) is 20.0 Å². The Balaban J connectivity index is 3.97. The third-order valence-corrected chi connectivity index (χ3v) is 3.50. The van der Waals surface area contributed by atoms with Crippen LogP contribution in [0.1, 0.15) is 29.7 Å². The largest absolute Gasteiger partial charge is 0.275 e. The van der Waals surface area contributed by atoms with Gasteiger partial charge in [-0.25, -0.2) is 15.0 Å². The van der Waals surface area contributed by atoms with Crippen molar-refractivity contribution in [1.82, 2.24) is 9.97 Å². The molecule has 0 unspecified atom stereocenters. The predicted molar refractivity (Wildman–Crippen MR) is 113 cm³/mol. The van der Waals surface area contributed by atoms with Crippen LogP contribution in [0.5, 0.6) is 0 Å². The van der Waals surface area contributed by atoms with Gasteiger partial charge in [0.2, 0.25) is 0 Å². The Morgan fingerprint density at radius 3 is 2.06 bits per heavy atom. The summed E-state index contributed by atoms with van der Waals surface area (Å²) in [5.41, 5.74) is -0.778. The van der Waals surface area contributed by atoms with Gasteiger partial charge in [-0.05, 0) is 19.7 Å². The Labute approximate surface area is 178 Å². The first-order chi connectivity index (χ1) is 14.9. The molecule has 0 aliphatic rings. The highest BCUT2D eigenvalue weighted by Gasteiger charge is 2.20. The van der Waals surface area contributed by atoms with Crippen LogP contribution >= 0.6 is 0 Å². The van der Waals surface area contributed by atoms with E-state index in [0.29, 0.717) is 0 Å². The lowest BCUT2D eigenvalue weighted by molar-refractivity contribution is 0.931. The van der Waals surface area contributed by atoms with Gasteiger partial charge in [0.1, 0.15) is 47.4 Å². The van der Waals surface area contributed by atoms with Crippen LogP contribution in [0.25, 0.3) is 5.70 Å². The summed E-state index contributed by atoms with van der Waals surface area (Å²) in [4.78, 5) is 24.0. The van der Waals surface area contributed by atoms with Crippen molar-refractivity contribution in [3.05, 3.63) is 41.1 Å². The molecule has 31 heavy (non-hydrogen) atoms. The minimum absolute atomic E-state index is 0.0135. The van der Waals surface area contributed by atoms with Crippen molar-refractivity contribution in [1.29, 1.82) is 26.3 Å². The molecule has 0 amide bonds. The molecule has 0 radical (unpaired) electrons. The second-order valence-electron chi connectivity index (χ2n) is 5.31. The van der Waals surface area contributed by atoms with E-state index in [2.05, 4.69) is 43.2 Å². The molecule has 11 heteroatoms. The average Bonchev–Trinajstić information content (AvgIpc) is 2.80. The standard InChI is InChI=1S/C20H13N11/c1-5-13(26-3)19(29-12(2)6-21)20-18(30-16(9-24)17(10-25)31-20)11-28-15(8-23)14(7-22)27-4/h5H,1,3,11H2,2,4H3/b19-13-,27-14?,28-15?,29-12?. The van der Waals surface area contributed by atoms with E-state index in [0.717, 1.165) is 0 Å². The monoisotopic (exact) mass is 407 g/mol. The van der Waals surface area contributed by atoms with E-state index in [1.54, 1.807) is 24.3 Å². The zero-order valence-corrected chi connectivity index (χ0v) is 16.6. The lowest BCUT2D eigenvalue weighted by Crippen LogP contribution is -2.12. The van der Waals surface area contributed by atoms with E-state index in [1.807, 2.05) is 6.07 Å². The highest BCUT2D eigenvalue weighted by atomic mass is 14.9. The molecular weight excluding hydrogens is 394 g/mol. The van der Waals surface area contributed by atoms with Crippen LogP contribution in [-0.2, 0) is 6.54 Å². The van der Waals surface area contributed by atoms with Crippen molar-refractivity contribution >= 4 is 29.5 Å². The lowest BCUT2D eigenvalue weighted by Gasteiger charge is -2.10. The second kappa shape index (κ2) is 11.5. The Bertz CT molecular complexity index is 1250. The molecule has 1 aromatic heterocycles. The number of hydrogen-bond acceptors (Lipinski definition) is 11. The third-order valence-electron chi connectivity index (χ3n) is 3.50. The molecule has 148 valence electrons. The van der Waals surface area contributed by atoms with Gasteiger partial charge in [0.05, 0.1) is 17.9 Å². The van der Waals surface area contributed by atoms with Crippen LogP contribution in [0, 0.1) is 56.7 Å². The summed E-state index contributed by atoms with van der Waals surface area (Å²) in [7, 11) is 1.33. The number of aliphatic imine (C=N–C) groups is 4. The molecule has 0 saturated heterocycles. The molecule has 0 N–H and O–H groups in total. The molecular formula is C20H13N11. The number of aromatic nitrogens is 2. The highest BCUT2D eigenvalue weighted by Crippen LogP contribution is 2.25. The van der Waals surface area contributed by atoms with Gasteiger partial charge in [0.25, 0.3) is 0 Å². The molecule has 1 heterocycles. The summed E-state index contributed by atoms with van der Waals surface area (Å²) < 4.78 is 0. The van der Waals surface area contributed by atoms with Crippen LogP contribution in [0.15, 0.2) is 38.3 Å². The Kier molecular flexibility index (Phi) is 8.81. The molecule has 11 nitrogen and oxygen atoms in total. The second-order valence-corrected chi connectivity index (χ2v) is 5.31. The van der Waals surface area contributed by atoms with E-state index in [1.165, 1.54) is 20.0 Å². The quantitative estimate of drug-likeness (QED) is 0.485. The van der Waals surface area contributed by atoms with E-state index < -0.39 is 0 Å². The smallest absolute Gasteiger partial charge is 0.177 e. The molecule has 0 atom stereocenters. The summed E-state index contributed by atoms with van der Waals surface area (Å²) in [5.74, 6) is 0. The van der Waals surface area contributed by atoms with E-state index in [4.69, 9.17) is 10.5 Å². The molecule has 0 aromatic carbocycles.